The quantitative estimate of drug-likeness (QED) is 0.421. The van der Waals surface area contributed by atoms with Gasteiger partial charge >= 0.3 is 5.69 Å². The number of nitrogens with two attached hydrogens (primary N) is 1. The Labute approximate surface area is 186 Å². The van der Waals surface area contributed by atoms with Gasteiger partial charge in [-0.1, -0.05) is 24.3 Å². The smallest absolute Gasteiger partial charge is 0.327 e. The van der Waals surface area contributed by atoms with Crippen molar-refractivity contribution in [2.45, 2.75) is 26.4 Å². The molecule has 0 bridgehead atoms. The molecule has 4 aromatic rings. The number of rotatable bonds is 8. The Kier molecular flexibility index (Phi) is 6.42. The highest BCUT2D eigenvalue weighted by Crippen LogP contribution is 2.30. The van der Waals surface area contributed by atoms with Crippen LogP contribution in [0.25, 0.3) is 21.6 Å². The van der Waals surface area contributed by atoms with Crippen LogP contribution in [0, 0.1) is 0 Å². The first kappa shape index (κ1) is 21.8. The molecule has 1 aromatic carbocycles. The Bertz CT molecular complexity index is 1290. The topological polar surface area (TPSA) is 94.5 Å². The summed E-state index contributed by atoms with van der Waals surface area (Å²) < 4.78 is 29.2. The molecule has 0 atom stereocenters. The minimum atomic E-state index is -1.83. The molecule has 10 heteroatoms. The van der Waals surface area contributed by atoms with Crippen LogP contribution in [0.15, 0.2) is 65.2 Å². The van der Waals surface area contributed by atoms with Gasteiger partial charge in [0.25, 0.3) is 6.08 Å². The number of thiophene rings is 1. The number of H-pyrrole nitrogens is 1. The summed E-state index contributed by atoms with van der Waals surface area (Å²) in [7, 11) is 0. The molecule has 4 rings (SSSR count). The Hall–Kier alpha value is -3.37. The highest BCUT2D eigenvalue weighted by Gasteiger charge is 2.15. The van der Waals surface area contributed by atoms with Gasteiger partial charge in [0.05, 0.1) is 12.7 Å². The molecule has 0 radical (unpaired) electrons. The zero-order valence-electron chi connectivity index (χ0n) is 17.4. The number of halogens is 2. The lowest BCUT2D eigenvalue weighted by Crippen LogP contribution is -2.20. The molecule has 3 heterocycles. The van der Waals surface area contributed by atoms with Crippen molar-refractivity contribution in [3.8, 4) is 21.6 Å². The molecule has 0 aliphatic heterocycles. The second-order valence-electron chi connectivity index (χ2n) is 7.20. The zero-order chi connectivity index (χ0) is 22.7. The lowest BCUT2D eigenvalue weighted by molar-refractivity contribution is 0.407. The van der Waals surface area contributed by atoms with E-state index in [1.54, 1.807) is 0 Å². The average molecular weight is 457 g/mol. The summed E-state index contributed by atoms with van der Waals surface area (Å²) in [6, 6.07) is 12.1. The number of nitrogens with one attached hydrogen (secondary N) is 1. The minimum absolute atomic E-state index is 0.175. The molecule has 0 unspecified atom stereocenters. The van der Waals surface area contributed by atoms with Crippen molar-refractivity contribution in [1.82, 2.24) is 24.5 Å². The van der Waals surface area contributed by atoms with Crippen molar-refractivity contribution >= 4 is 11.3 Å². The van der Waals surface area contributed by atoms with Crippen molar-refractivity contribution in [2.24, 2.45) is 5.73 Å². The van der Waals surface area contributed by atoms with E-state index in [2.05, 4.69) is 27.4 Å². The average Bonchev–Trinajstić information content (AvgIpc) is 3.54. The third-order valence-electron chi connectivity index (χ3n) is 5.16. The first-order chi connectivity index (χ1) is 15.5. The number of benzene rings is 1. The van der Waals surface area contributed by atoms with Gasteiger partial charge in [-0.15, -0.1) is 11.3 Å². The van der Waals surface area contributed by atoms with Crippen LogP contribution in [-0.4, -0.2) is 31.1 Å². The van der Waals surface area contributed by atoms with Gasteiger partial charge in [-0.3, -0.25) is 9.25 Å². The van der Waals surface area contributed by atoms with Crippen molar-refractivity contribution in [3.05, 3.63) is 81.6 Å². The Morgan fingerprint density at radius 1 is 1.12 bits per heavy atom. The Morgan fingerprint density at radius 3 is 2.53 bits per heavy atom. The number of hydrogen-bond acceptors (Lipinski definition) is 5. The van der Waals surface area contributed by atoms with Crippen LogP contribution in [-0.2, 0) is 19.5 Å². The monoisotopic (exact) mass is 456 g/mol. The van der Waals surface area contributed by atoms with Gasteiger partial charge in [-0.2, -0.15) is 19.0 Å². The summed E-state index contributed by atoms with van der Waals surface area (Å²) in [6.07, 6.45) is 1.85. The second-order valence-corrected chi connectivity index (χ2v) is 8.37. The number of aromatic amines is 1. The molecule has 7 nitrogen and oxygen atoms in total. The minimum Gasteiger partial charge on any atom is -0.327 e. The lowest BCUT2D eigenvalue weighted by atomic mass is 10.1. The van der Waals surface area contributed by atoms with Crippen molar-refractivity contribution in [2.75, 3.05) is 6.54 Å². The van der Waals surface area contributed by atoms with E-state index in [-0.39, 0.29) is 30.9 Å². The molecule has 32 heavy (non-hydrogen) atoms. The first-order valence-electron chi connectivity index (χ1n) is 10.1. The van der Waals surface area contributed by atoms with Crippen molar-refractivity contribution in [1.29, 1.82) is 0 Å². The zero-order valence-corrected chi connectivity index (χ0v) is 18.2. The van der Waals surface area contributed by atoms with E-state index >= 15 is 0 Å². The maximum atomic E-state index is 13.0. The van der Waals surface area contributed by atoms with Gasteiger partial charge in [0, 0.05) is 46.6 Å². The highest BCUT2D eigenvalue weighted by atomic mass is 32.1. The largest absolute Gasteiger partial charge is 0.343 e. The molecule has 3 N–H and O–H groups in total. The number of aryl methyl sites for hydroxylation is 1. The van der Waals surface area contributed by atoms with Gasteiger partial charge < -0.3 is 5.73 Å². The van der Waals surface area contributed by atoms with Crippen LogP contribution in [0.3, 0.4) is 0 Å². The maximum Gasteiger partial charge on any atom is 0.343 e. The van der Waals surface area contributed by atoms with E-state index in [9.17, 15) is 13.6 Å². The van der Waals surface area contributed by atoms with Gasteiger partial charge in [0.15, 0.2) is 0 Å². The van der Waals surface area contributed by atoms with E-state index in [4.69, 9.17) is 5.73 Å². The fourth-order valence-electron chi connectivity index (χ4n) is 3.34. The van der Waals surface area contributed by atoms with Gasteiger partial charge in [0.2, 0.25) is 0 Å². The molecule has 0 saturated carbocycles. The van der Waals surface area contributed by atoms with Crippen LogP contribution in [0.2, 0.25) is 0 Å². The van der Waals surface area contributed by atoms with Gasteiger partial charge in [-0.25, -0.2) is 9.89 Å². The van der Waals surface area contributed by atoms with Crippen LogP contribution < -0.4 is 11.4 Å². The Balaban J connectivity index is 1.52. The molecule has 0 aliphatic carbocycles. The molecule has 0 saturated heterocycles. The third kappa shape index (κ3) is 4.61. The van der Waals surface area contributed by atoms with E-state index < -0.39 is 11.8 Å². The predicted molar refractivity (Wildman–Crippen MR) is 121 cm³/mol. The summed E-state index contributed by atoms with van der Waals surface area (Å²) in [5.74, 6) is 0.232. The summed E-state index contributed by atoms with van der Waals surface area (Å²) in [5, 5.41) is 10.5. The van der Waals surface area contributed by atoms with Crippen LogP contribution in [0.5, 0.6) is 0 Å². The van der Waals surface area contributed by atoms with Crippen LogP contribution in [0.4, 0.5) is 8.78 Å². The second kappa shape index (κ2) is 9.41. The van der Waals surface area contributed by atoms with E-state index in [0.29, 0.717) is 0 Å². The van der Waals surface area contributed by atoms with E-state index in [0.717, 1.165) is 33.0 Å². The molecule has 0 spiro atoms. The maximum absolute atomic E-state index is 13.0. The normalized spacial score (nSPS) is 11.1. The predicted octanol–water partition coefficient (Wildman–Crippen LogP) is 3.88. The highest BCUT2D eigenvalue weighted by molar-refractivity contribution is 7.15. The summed E-state index contributed by atoms with van der Waals surface area (Å²) in [4.78, 5) is 14.1. The molecule has 0 amide bonds. The summed E-state index contributed by atoms with van der Waals surface area (Å²) in [5.41, 5.74) is 7.92. The third-order valence-corrected chi connectivity index (χ3v) is 6.28. The van der Waals surface area contributed by atoms with Gasteiger partial charge in [-0.05, 0) is 30.2 Å². The molecule has 166 valence electrons. The summed E-state index contributed by atoms with van der Waals surface area (Å²) in [6.45, 7) is 2.82. The van der Waals surface area contributed by atoms with E-state index in [1.165, 1.54) is 15.9 Å². The van der Waals surface area contributed by atoms with Gasteiger partial charge in [0.1, 0.15) is 5.82 Å². The van der Waals surface area contributed by atoms with E-state index in [1.807, 2.05) is 48.3 Å². The number of nitrogens with zero attached hydrogens (tertiary/aromatic N) is 4. The molecule has 0 aliphatic rings. The van der Waals surface area contributed by atoms with Crippen LogP contribution >= 0.6 is 11.3 Å². The number of hydrogen-bond donors (Lipinski definition) is 2. The fourth-order valence-corrected chi connectivity index (χ4v) is 4.34. The molecular formula is C22H22F2N6OS. The standard InChI is InChI=1S/C22H22F2N6OS/c1-2-29-12-17(11-26-29)14-3-5-15(6-4-14)19-8-7-18(32-19)13-30-20(27-28-22(30)31)9-16(10-25)21(23)24/h3-8,11-12H,2,9-10,13,25H2,1H3,(H,28,31). The lowest BCUT2D eigenvalue weighted by Gasteiger charge is -2.06. The number of aromatic nitrogens is 5. The molecule has 0 fully saturated rings. The molecular weight excluding hydrogens is 434 g/mol. The first-order valence-corrected chi connectivity index (χ1v) is 10.9. The van der Waals surface area contributed by atoms with Crippen LogP contribution in [0.1, 0.15) is 17.6 Å². The molecule has 3 aromatic heterocycles. The fraction of sp³-hybridized carbons (Fsp3) is 0.227. The SMILES string of the molecule is CCn1cc(-c2ccc(-c3ccc(Cn4c(CC(CN)=C(F)F)n[nH]c4=O)s3)cc2)cn1. The summed E-state index contributed by atoms with van der Waals surface area (Å²) >= 11 is 1.54. The Morgan fingerprint density at radius 2 is 1.88 bits per heavy atom. The van der Waals surface area contributed by atoms with Crippen molar-refractivity contribution in [3.63, 3.8) is 0 Å². The van der Waals surface area contributed by atoms with Crippen molar-refractivity contribution < 1.29 is 8.78 Å².